The molecule has 0 aliphatic heterocycles. The lowest BCUT2D eigenvalue weighted by Crippen LogP contribution is -2.31. The molecule has 0 bridgehead atoms. The molecule has 0 saturated carbocycles. The quantitative estimate of drug-likeness (QED) is 0.848. The van der Waals surface area contributed by atoms with Crippen LogP contribution in [0.4, 0.5) is 0 Å². The first-order valence-corrected chi connectivity index (χ1v) is 6.25. The summed E-state index contributed by atoms with van der Waals surface area (Å²) in [6.45, 7) is 2.97. The molecule has 1 aromatic carbocycles. The van der Waals surface area contributed by atoms with Crippen molar-refractivity contribution in [3.63, 3.8) is 0 Å². The first kappa shape index (κ1) is 15.8. The van der Waals surface area contributed by atoms with Crippen molar-refractivity contribution in [3.05, 3.63) is 45.4 Å². The predicted octanol–water partition coefficient (Wildman–Crippen LogP) is 3.02. The number of benzene rings is 1. The third-order valence-corrected chi connectivity index (χ3v) is 2.62. The van der Waals surface area contributed by atoms with Gasteiger partial charge < -0.3 is 10.1 Å². The Morgan fingerprint density at radius 1 is 1.32 bits per heavy atom. The molecule has 1 N–H and O–H groups in total. The SMILES string of the molecule is C=C(Cl)COC(=O)CNC(=O)c1ccc(Cl)cc1Cl. The average molecular weight is 323 g/mol. The first-order chi connectivity index (χ1) is 8.90. The fourth-order valence-electron chi connectivity index (χ4n) is 1.13. The molecule has 0 fully saturated rings. The summed E-state index contributed by atoms with van der Waals surface area (Å²) in [6, 6.07) is 4.43. The summed E-state index contributed by atoms with van der Waals surface area (Å²) in [7, 11) is 0. The Bertz CT molecular complexity index is 517. The molecule has 0 heterocycles. The molecular weight excluding hydrogens is 312 g/mol. The van der Waals surface area contributed by atoms with Crippen LogP contribution < -0.4 is 5.32 Å². The Morgan fingerprint density at radius 2 is 2.00 bits per heavy atom. The van der Waals surface area contributed by atoms with Gasteiger partial charge in [-0.3, -0.25) is 9.59 Å². The van der Waals surface area contributed by atoms with E-state index < -0.39 is 11.9 Å². The van der Waals surface area contributed by atoms with Crippen molar-refractivity contribution in [2.45, 2.75) is 0 Å². The number of esters is 1. The van der Waals surface area contributed by atoms with Crippen LogP contribution >= 0.6 is 34.8 Å². The van der Waals surface area contributed by atoms with Crippen molar-refractivity contribution in [3.8, 4) is 0 Å². The summed E-state index contributed by atoms with van der Waals surface area (Å²) in [5, 5.41) is 3.18. The second-order valence-corrected chi connectivity index (χ2v) is 4.86. The topological polar surface area (TPSA) is 55.4 Å². The summed E-state index contributed by atoms with van der Waals surface area (Å²) in [5.74, 6) is -1.12. The highest BCUT2D eigenvalue weighted by Gasteiger charge is 2.12. The summed E-state index contributed by atoms with van der Waals surface area (Å²) in [6.07, 6.45) is 0. The van der Waals surface area contributed by atoms with E-state index in [1.54, 1.807) is 0 Å². The molecule has 102 valence electrons. The van der Waals surface area contributed by atoms with Crippen LogP contribution in [-0.2, 0) is 9.53 Å². The second-order valence-electron chi connectivity index (χ2n) is 3.48. The number of hydrogen-bond acceptors (Lipinski definition) is 3. The predicted molar refractivity (Wildman–Crippen MR) is 74.7 cm³/mol. The van der Waals surface area contributed by atoms with Crippen molar-refractivity contribution in [1.82, 2.24) is 5.32 Å². The number of ether oxygens (including phenoxy) is 1. The number of carbonyl (C=O) groups is 2. The van der Waals surface area contributed by atoms with Crippen molar-refractivity contribution in [1.29, 1.82) is 0 Å². The first-order valence-electron chi connectivity index (χ1n) is 5.12. The number of nitrogens with one attached hydrogen (secondary N) is 1. The molecule has 0 radical (unpaired) electrons. The lowest BCUT2D eigenvalue weighted by atomic mass is 10.2. The van der Waals surface area contributed by atoms with Gasteiger partial charge in [0.05, 0.1) is 10.6 Å². The number of carbonyl (C=O) groups excluding carboxylic acids is 2. The van der Waals surface area contributed by atoms with Crippen LogP contribution in [0.2, 0.25) is 10.0 Å². The van der Waals surface area contributed by atoms with Crippen molar-refractivity contribution >= 4 is 46.7 Å². The number of amides is 1. The van der Waals surface area contributed by atoms with Gasteiger partial charge >= 0.3 is 5.97 Å². The maximum absolute atomic E-state index is 11.7. The smallest absolute Gasteiger partial charge is 0.325 e. The van der Waals surface area contributed by atoms with E-state index in [0.717, 1.165) is 0 Å². The molecule has 0 unspecified atom stereocenters. The minimum Gasteiger partial charge on any atom is -0.459 e. The lowest BCUT2D eigenvalue weighted by Gasteiger charge is -2.07. The highest BCUT2D eigenvalue weighted by atomic mass is 35.5. The van der Waals surface area contributed by atoms with Crippen molar-refractivity contribution in [2.24, 2.45) is 0 Å². The Kier molecular flexibility index (Phi) is 6.15. The molecular formula is C12H10Cl3NO3. The van der Waals surface area contributed by atoms with Crippen LogP contribution in [0.5, 0.6) is 0 Å². The minimum absolute atomic E-state index is 0.0992. The minimum atomic E-state index is -0.625. The molecule has 0 aliphatic rings. The van der Waals surface area contributed by atoms with E-state index in [-0.39, 0.29) is 28.8 Å². The van der Waals surface area contributed by atoms with Gasteiger partial charge in [0.1, 0.15) is 13.2 Å². The van der Waals surface area contributed by atoms with Crippen LogP contribution in [0.3, 0.4) is 0 Å². The molecule has 0 atom stereocenters. The largest absolute Gasteiger partial charge is 0.459 e. The Morgan fingerprint density at radius 3 is 2.58 bits per heavy atom. The molecule has 1 amide bonds. The zero-order valence-corrected chi connectivity index (χ0v) is 12.0. The Labute approximate surface area is 125 Å². The van der Waals surface area contributed by atoms with Crippen LogP contribution in [0, 0.1) is 0 Å². The standard InChI is InChI=1S/C12H10Cl3NO3/c1-7(13)6-19-11(17)5-16-12(18)9-3-2-8(14)4-10(9)15/h2-4H,1,5-6H2,(H,16,18). The molecule has 19 heavy (non-hydrogen) atoms. The van der Waals surface area contributed by atoms with Gasteiger partial charge in [0.15, 0.2) is 0 Å². The van der Waals surface area contributed by atoms with E-state index in [1.807, 2.05) is 0 Å². The molecule has 0 spiro atoms. The van der Waals surface area contributed by atoms with E-state index in [9.17, 15) is 9.59 Å². The molecule has 1 rings (SSSR count). The highest BCUT2D eigenvalue weighted by Crippen LogP contribution is 2.20. The zero-order valence-electron chi connectivity index (χ0n) is 9.71. The summed E-state index contributed by atoms with van der Waals surface area (Å²) < 4.78 is 4.70. The lowest BCUT2D eigenvalue weighted by molar-refractivity contribution is -0.141. The van der Waals surface area contributed by atoms with Gasteiger partial charge in [-0.25, -0.2) is 0 Å². The third-order valence-electron chi connectivity index (χ3n) is 1.96. The average Bonchev–Trinajstić information content (AvgIpc) is 2.33. The second kappa shape index (κ2) is 7.38. The van der Waals surface area contributed by atoms with E-state index in [2.05, 4.69) is 11.9 Å². The van der Waals surface area contributed by atoms with Crippen LogP contribution in [0.15, 0.2) is 29.8 Å². The van der Waals surface area contributed by atoms with E-state index >= 15 is 0 Å². The summed E-state index contributed by atoms with van der Waals surface area (Å²) >= 11 is 17.0. The maximum atomic E-state index is 11.7. The number of halogens is 3. The van der Waals surface area contributed by atoms with E-state index in [1.165, 1.54) is 18.2 Å². The molecule has 0 saturated heterocycles. The van der Waals surface area contributed by atoms with Crippen LogP contribution in [0.1, 0.15) is 10.4 Å². The van der Waals surface area contributed by atoms with E-state index in [0.29, 0.717) is 5.02 Å². The summed E-state index contributed by atoms with van der Waals surface area (Å²) in [4.78, 5) is 23.0. The fraction of sp³-hybridized carbons (Fsp3) is 0.167. The van der Waals surface area contributed by atoms with Gasteiger partial charge in [-0.2, -0.15) is 0 Å². The van der Waals surface area contributed by atoms with Gasteiger partial charge in [-0.1, -0.05) is 41.4 Å². The Balaban J connectivity index is 2.51. The van der Waals surface area contributed by atoms with Gasteiger partial charge in [-0.05, 0) is 18.2 Å². The van der Waals surface area contributed by atoms with Crippen LogP contribution in [-0.4, -0.2) is 25.0 Å². The number of rotatable bonds is 5. The molecule has 7 heteroatoms. The molecule has 0 aliphatic carbocycles. The highest BCUT2D eigenvalue weighted by molar-refractivity contribution is 6.36. The monoisotopic (exact) mass is 321 g/mol. The van der Waals surface area contributed by atoms with Gasteiger partial charge in [-0.15, -0.1) is 0 Å². The van der Waals surface area contributed by atoms with Gasteiger partial charge in [0.2, 0.25) is 0 Å². The summed E-state index contributed by atoms with van der Waals surface area (Å²) in [5.41, 5.74) is 0.223. The van der Waals surface area contributed by atoms with Gasteiger partial charge in [0, 0.05) is 10.1 Å². The van der Waals surface area contributed by atoms with Crippen molar-refractivity contribution in [2.75, 3.05) is 13.2 Å². The van der Waals surface area contributed by atoms with Crippen LogP contribution in [0.25, 0.3) is 0 Å². The van der Waals surface area contributed by atoms with Gasteiger partial charge in [0.25, 0.3) is 5.91 Å². The maximum Gasteiger partial charge on any atom is 0.325 e. The third kappa shape index (κ3) is 5.51. The van der Waals surface area contributed by atoms with E-state index in [4.69, 9.17) is 39.5 Å². The molecule has 1 aromatic rings. The molecule has 4 nitrogen and oxygen atoms in total. The number of hydrogen-bond donors (Lipinski definition) is 1. The molecule has 0 aromatic heterocycles. The normalized spacial score (nSPS) is 9.84. The fourth-order valence-corrected chi connectivity index (χ4v) is 1.68. The zero-order chi connectivity index (χ0) is 14.4. The Hall–Kier alpha value is -1.23. The van der Waals surface area contributed by atoms with Crippen molar-refractivity contribution < 1.29 is 14.3 Å².